The Labute approximate surface area is 143 Å². The average molecular weight is 334 g/mol. The predicted molar refractivity (Wildman–Crippen MR) is 93.5 cm³/mol. The second-order valence-corrected chi connectivity index (χ2v) is 6.04. The van der Waals surface area contributed by atoms with Gasteiger partial charge in [-0.3, -0.25) is 9.78 Å². The monoisotopic (exact) mass is 334 g/mol. The van der Waals surface area contributed by atoms with Crippen molar-refractivity contribution in [1.29, 1.82) is 5.26 Å². The maximum Gasteiger partial charge on any atom is 0.224 e. The molecule has 1 aromatic carbocycles. The van der Waals surface area contributed by atoms with E-state index in [2.05, 4.69) is 15.3 Å². The molecule has 2 aromatic heterocycles. The van der Waals surface area contributed by atoms with Crippen LogP contribution in [0.4, 0.5) is 5.69 Å². The molecular formula is C18H14N4OS. The summed E-state index contributed by atoms with van der Waals surface area (Å²) < 4.78 is 0. The maximum absolute atomic E-state index is 12.0. The third-order valence-corrected chi connectivity index (χ3v) is 4.30. The zero-order valence-corrected chi connectivity index (χ0v) is 13.6. The number of thiazole rings is 1. The van der Waals surface area contributed by atoms with Gasteiger partial charge in [0.1, 0.15) is 0 Å². The van der Waals surface area contributed by atoms with Gasteiger partial charge in [-0.2, -0.15) is 5.26 Å². The largest absolute Gasteiger partial charge is 0.326 e. The number of amides is 1. The molecule has 0 saturated carbocycles. The van der Waals surface area contributed by atoms with E-state index in [0.29, 0.717) is 24.1 Å². The molecule has 3 aromatic rings. The van der Waals surface area contributed by atoms with Crippen LogP contribution in [0.1, 0.15) is 17.0 Å². The summed E-state index contributed by atoms with van der Waals surface area (Å²) in [6, 6.07) is 12.7. The Morgan fingerprint density at radius 3 is 2.62 bits per heavy atom. The number of nitrogens with zero attached hydrogens (tertiary/aromatic N) is 3. The van der Waals surface area contributed by atoms with Crippen molar-refractivity contribution in [3.63, 3.8) is 0 Å². The van der Waals surface area contributed by atoms with Crippen LogP contribution in [0, 0.1) is 11.3 Å². The third-order valence-electron chi connectivity index (χ3n) is 3.39. The van der Waals surface area contributed by atoms with Crippen molar-refractivity contribution in [1.82, 2.24) is 9.97 Å². The SMILES string of the molecule is N#Cc1ccc(NC(=O)CCc2nc(-c3ccncc3)cs2)cc1. The Balaban J connectivity index is 1.55. The number of rotatable bonds is 5. The second kappa shape index (κ2) is 7.49. The Kier molecular flexibility index (Phi) is 4.94. The van der Waals surface area contributed by atoms with Gasteiger partial charge in [-0.1, -0.05) is 0 Å². The van der Waals surface area contributed by atoms with Crippen molar-refractivity contribution in [2.75, 3.05) is 5.32 Å². The van der Waals surface area contributed by atoms with Crippen molar-refractivity contribution >= 4 is 22.9 Å². The van der Waals surface area contributed by atoms with Crippen LogP contribution in [0.3, 0.4) is 0 Å². The second-order valence-electron chi connectivity index (χ2n) is 5.10. The lowest BCUT2D eigenvalue weighted by Gasteiger charge is -2.04. The lowest BCUT2D eigenvalue weighted by Crippen LogP contribution is -2.12. The van der Waals surface area contributed by atoms with E-state index in [-0.39, 0.29) is 5.91 Å². The lowest BCUT2D eigenvalue weighted by atomic mass is 10.2. The van der Waals surface area contributed by atoms with Gasteiger partial charge in [0.25, 0.3) is 0 Å². The molecule has 2 heterocycles. The highest BCUT2D eigenvalue weighted by Crippen LogP contribution is 2.22. The maximum atomic E-state index is 12.0. The number of benzene rings is 1. The van der Waals surface area contributed by atoms with Gasteiger partial charge in [-0.25, -0.2) is 4.98 Å². The van der Waals surface area contributed by atoms with Crippen molar-refractivity contribution in [2.24, 2.45) is 0 Å². The fraction of sp³-hybridized carbons (Fsp3) is 0.111. The Morgan fingerprint density at radius 1 is 1.17 bits per heavy atom. The number of hydrogen-bond donors (Lipinski definition) is 1. The van der Waals surface area contributed by atoms with Crippen LogP contribution in [-0.4, -0.2) is 15.9 Å². The van der Waals surface area contributed by atoms with Crippen molar-refractivity contribution < 1.29 is 4.79 Å². The highest BCUT2D eigenvalue weighted by molar-refractivity contribution is 7.09. The average Bonchev–Trinajstić information content (AvgIpc) is 3.10. The molecule has 5 nitrogen and oxygen atoms in total. The molecule has 6 heteroatoms. The number of nitrogens with one attached hydrogen (secondary N) is 1. The highest BCUT2D eigenvalue weighted by atomic mass is 32.1. The Morgan fingerprint density at radius 2 is 1.92 bits per heavy atom. The smallest absolute Gasteiger partial charge is 0.224 e. The van der Waals surface area contributed by atoms with Crippen molar-refractivity contribution in [2.45, 2.75) is 12.8 Å². The molecule has 0 unspecified atom stereocenters. The Bertz CT molecular complexity index is 866. The summed E-state index contributed by atoms with van der Waals surface area (Å²) in [4.78, 5) is 20.6. The van der Waals surface area contributed by atoms with Crippen LogP contribution in [-0.2, 0) is 11.2 Å². The zero-order valence-electron chi connectivity index (χ0n) is 12.8. The molecule has 118 valence electrons. The summed E-state index contributed by atoms with van der Waals surface area (Å²) >= 11 is 1.55. The van der Waals surface area contributed by atoms with E-state index in [1.165, 1.54) is 0 Å². The van der Waals surface area contributed by atoms with Gasteiger partial charge < -0.3 is 5.32 Å². The third kappa shape index (κ3) is 4.03. The van der Waals surface area contributed by atoms with E-state index in [1.54, 1.807) is 48.0 Å². The van der Waals surface area contributed by atoms with Gasteiger partial charge in [-0.05, 0) is 36.4 Å². The predicted octanol–water partition coefficient (Wildman–Crippen LogP) is 3.65. The first-order chi connectivity index (χ1) is 11.7. The summed E-state index contributed by atoms with van der Waals surface area (Å²) in [7, 11) is 0. The van der Waals surface area contributed by atoms with E-state index in [1.807, 2.05) is 23.6 Å². The van der Waals surface area contributed by atoms with Gasteiger partial charge in [-0.15, -0.1) is 11.3 Å². The molecule has 0 bridgehead atoms. The first-order valence-corrected chi connectivity index (χ1v) is 8.27. The molecule has 3 rings (SSSR count). The number of carbonyl (C=O) groups excluding carboxylic acids is 1. The first-order valence-electron chi connectivity index (χ1n) is 7.39. The molecule has 0 aliphatic heterocycles. The number of pyridine rings is 1. The molecular weight excluding hydrogens is 320 g/mol. The quantitative estimate of drug-likeness (QED) is 0.772. The minimum Gasteiger partial charge on any atom is -0.326 e. The molecule has 0 saturated heterocycles. The van der Waals surface area contributed by atoms with Crippen LogP contribution in [0.15, 0.2) is 54.2 Å². The topological polar surface area (TPSA) is 78.7 Å². The summed E-state index contributed by atoms with van der Waals surface area (Å²) in [5, 5.41) is 14.5. The summed E-state index contributed by atoms with van der Waals surface area (Å²) in [5.74, 6) is -0.0691. The van der Waals surface area contributed by atoms with Crippen LogP contribution in [0.5, 0.6) is 0 Å². The number of aromatic nitrogens is 2. The van der Waals surface area contributed by atoms with E-state index < -0.39 is 0 Å². The molecule has 0 aliphatic carbocycles. The minimum absolute atomic E-state index is 0.0691. The molecule has 1 amide bonds. The van der Waals surface area contributed by atoms with Gasteiger partial charge >= 0.3 is 0 Å². The normalized spacial score (nSPS) is 10.1. The van der Waals surface area contributed by atoms with Gasteiger partial charge in [0, 0.05) is 41.9 Å². The summed E-state index contributed by atoms with van der Waals surface area (Å²) in [5.41, 5.74) is 3.19. The van der Waals surface area contributed by atoms with Crippen molar-refractivity contribution in [3.05, 3.63) is 64.7 Å². The zero-order chi connectivity index (χ0) is 16.8. The minimum atomic E-state index is -0.0691. The molecule has 0 aliphatic rings. The van der Waals surface area contributed by atoms with Crippen LogP contribution >= 0.6 is 11.3 Å². The van der Waals surface area contributed by atoms with Crippen LogP contribution in [0.2, 0.25) is 0 Å². The van der Waals surface area contributed by atoms with E-state index in [0.717, 1.165) is 16.3 Å². The molecule has 0 radical (unpaired) electrons. The van der Waals surface area contributed by atoms with Gasteiger partial charge in [0.15, 0.2) is 0 Å². The molecule has 0 atom stereocenters. The van der Waals surface area contributed by atoms with Gasteiger partial charge in [0.2, 0.25) is 5.91 Å². The molecule has 24 heavy (non-hydrogen) atoms. The lowest BCUT2D eigenvalue weighted by molar-refractivity contribution is -0.116. The van der Waals surface area contributed by atoms with Crippen LogP contribution < -0.4 is 5.32 Å². The number of hydrogen-bond acceptors (Lipinski definition) is 5. The fourth-order valence-electron chi connectivity index (χ4n) is 2.15. The van der Waals surface area contributed by atoms with E-state index in [9.17, 15) is 4.79 Å². The van der Waals surface area contributed by atoms with E-state index >= 15 is 0 Å². The van der Waals surface area contributed by atoms with Crippen LogP contribution in [0.25, 0.3) is 11.3 Å². The number of aryl methyl sites for hydroxylation is 1. The standard InChI is InChI=1S/C18H14N4OS/c19-11-13-1-3-15(4-2-13)21-17(23)5-6-18-22-16(12-24-18)14-7-9-20-10-8-14/h1-4,7-10,12H,5-6H2,(H,21,23). The first kappa shape index (κ1) is 15.8. The highest BCUT2D eigenvalue weighted by Gasteiger charge is 2.08. The van der Waals surface area contributed by atoms with Gasteiger partial charge in [0.05, 0.1) is 22.3 Å². The molecule has 0 fully saturated rings. The molecule has 1 N–H and O–H groups in total. The fourth-order valence-corrected chi connectivity index (χ4v) is 2.96. The summed E-state index contributed by atoms with van der Waals surface area (Å²) in [6.45, 7) is 0. The number of nitriles is 1. The van der Waals surface area contributed by atoms with Crippen molar-refractivity contribution in [3.8, 4) is 17.3 Å². The summed E-state index contributed by atoms with van der Waals surface area (Å²) in [6.07, 6.45) is 4.43. The number of carbonyl (C=O) groups is 1. The Hall–Kier alpha value is -3.04. The van der Waals surface area contributed by atoms with E-state index in [4.69, 9.17) is 5.26 Å². The number of anilines is 1. The molecule has 0 spiro atoms.